The summed E-state index contributed by atoms with van der Waals surface area (Å²) in [5, 5.41) is 3.09. The summed E-state index contributed by atoms with van der Waals surface area (Å²) in [6.07, 6.45) is 1.73. The summed E-state index contributed by atoms with van der Waals surface area (Å²) in [5.41, 5.74) is 7.81. The second-order valence-corrected chi connectivity index (χ2v) is 7.32. The van der Waals surface area contributed by atoms with Gasteiger partial charge in [-0.1, -0.05) is 26.0 Å². The van der Waals surface area contributed by atoms with Crippen LogP contribution in [-0.2, 0) is 4.79 Å². The summed E-state index contributed by atoms with van der Waals surface area (Å²) < 4.78 is 5.94. The summed E-state index contributed by atoms with van der Waals surface area (Å²) in [5.74, 6) is 1.60. The van der Waals surface area contributed by atoms with Gasteiger partial charge in [-0.15, -0.1) is 12.4 Å². The lowest BCUT2D eigenvalue weighted by Crippen LogP contribution is -2.56. The first-order valence-corrected chi connectivity index (χ1v) is 8.56. The smallest absolute Gasteiger partial charge is 0.261 e. The Hall–Kier alpha value is -1.26. The van der Waals surface area contributed by atoms with Crippen LogP contribution in [0.3, 0.4) is 0 Å². The van der Waals surface area contributed by atoms with Gasteiger partial charge in [-0.05, 0) is 62.6 Å². The maximum absolute atomic E-state index is 12.5. The topological polar surface area (TPSA) is 64.3 Å². The minimum absolute atomic E-state index is 0. The molecule has 1 amide bonds. The van der Waals surface area contributed by atoms with Crippen LogP contribution in [0.25, 0.3) is 0 Å². The zero-order valence-corrected chi connectivity index (χ0v) is 16.2. The number of hydrogen-bond acceptors (Lipinski definition) is 3. The summed E-state index contributed by atoms with van der Waals surface area (Å²) in [6, 6.07) is 6.19. The molecule has 2 atom stereocenters. The highest BCUT2D eigenvalue weighted by molar-refractivity contribution is 5.85. The Bertz CT molecular complexity index is 572. The normalized spacial score (nSPS) is 17.6. The van der Waals surface area contributed by atoms with Crippen LogP contribution in [0.15, 0.2) is 18.2 Å². The Labute approximate surface area is 151 Å². The number of nitrogens with one attached hydrogen (secondary N) is 1. The van der Waals surface area contributed by atoms with Crippen molar-refractivity contribution >= 4 is 18.3 Å². The van der Waals surface area contributed by atoms with Crippen LogP contribution < -0.4 is 15.8 Å². The van der Waals surface area contributed by atoms with Crippen molar-refractivity contribution in [2.24, 2.45) is 11.7 Å². The first-order valence-electron chi connectivity index (χ1n) is 8.56. The number of ether oxygens (including phenoxy) is 1. The third kappa shape index (κ3) is 4.87. The van der Waals surface area contributed by atoms with E-state index >= 15 is 0 Å². The first kappa shape index (κ1) is 20.8. The Morgan fingerprint density at radius 3 is 2.50 bits per heavy atom. The van der Waals surface area contributed by atoms with E-state index in [2.05, 4.69) is 25.2 Å². The molecule has 2 unspecified atom stereocenters. The Balaban J connectivity index is 0.00000288. The van der Waals surface area contributed by atoms with Crippen LogP contribution in [0, 0.1) is 12.8 Å². The summed E-state index contributed by atoms with van der Waals surface area (Å²) >= 11 is 0. The third-order valence-electron chi connectivity index (χ3n) is 4.86. The van der Waals surface area contributed by atoms with E-state index in [1.165, 1.54) is 5.56 Å². The average molecular weight is 355 g/mol. The van der Waals surface area contributed by atoms with Crippen molar-refractivity contribution in [1.82, 2.24) is 5.32 Å². The third-order valence-corrected chi connectivity index (χ3v) is 4.86. The van der Waals surface area contributed by atoms with E-state index in [1.807, 2.05) is 26.0 Å². The Kier molecular flexibility index (Phi) is 7.11. The van der Waals surface area contributed by atoms with Gasteiger partial charge in [0.15, 0.2) is 6.10 Å². The van der Waals surface area contributed by atoms with Crippen molar-refractivity contribution in [2.45, 2.75) is 65.0 Å². The van der Waals surface area contributed by atoms with E-state index in [1.54, 1.807) is 6.92 Å². The molecule has 0 aromatic heterocycles. The van der Waals surface area contributed by atoms with Crippen LogP contribution >= 0.6 is 12.4 Å². The fourth-order valence-electron chi connectivity index (χ4n) is 2.77. The second kappa shape index (κ2) is 8.21. The van der Waals surface area contributed by atoms with Gasteiger partial charge in [-0.3, -0.25) is 4.79 Å². The van der Waals surface area contributed by atoms with Crippen molar-refractivity contribution in [2.75, 3.05) is 6.54 Å². The molecule has 0 radical (unpaired) electrons. The fraction of sp³-hybridized carbons (Fsp3) is 0.632. The number of aryl methyl sites for hydroxylation is 1. The number of hydrogen-bond donors (Lipinski definition) is 2. The number of amides is 1. The Morgan fingerprint density at radius 1 is 1.38 bits per heavy atom. The standard InChI is InChI=1S/C19H30N2O2.ClH/c1-12(2)15-7-6-13(3)17(10-15)23-14(4)18(22)21-19(5,11-20)16-8-9-16;/h6-7,10,12,14,16H,8-9,11,20H2,1-5H3,(H,21,22);1H. The maximum atomic E-state index is 12.5. The van der Waals surface area contributed by atoms with Gasteiger partial charge in [0.1, 0.15) is 5.75 Å². The summed E-state index contributed by atoms with van der Waals surface area (Å²) in [4.78, 5) is 12.5. The molecule has 0 spiro atoms. The van der Waals surface area contributed by atoms with Crippen LogP contribution in [-0.4, -0.2) is 24.1 Å². The summed E-state index contributed by atoms with van der Waals surface area (Å²) in [7, 11) is 0. The Morgan fingerprint density at radius 2 is 2.00 bits per heavy atom. The van der Waals surface area contributed by atoms with Crippen LogP contribution in [0.2, 0.25) is 0 Å². The van der Waals surface area contributed by atoms with E-state index in [9.17, 15) is 4.79 Å². The van der Waals surface area contributed by atoms with E-state index in [0.717, 1.165) is 24.2 Å². The van der Waals surface area contributed by atoms with Gasteiger partial charge < -0.3 is 15.8 Å². The molecule has 136 valence electrons. The lowest BCUT2D eigenvalue weighted by atomic mass is 9.95. The van der Waals surface area contributed by atoms with Crippen molar-refractivity contribution in [3.8, 4) is 5.75 Å². The molecule has 1 saturated carbocycles. The molecule has 1 fully saturated rings. The molecule has 4 nitrogen and oxygen atoms in total. The highest BCUT2D eigenvalue weighted by Gasteiger charge is 2.42. The van der Waals surface area contributed by atoms with Crippen molar-refractivity contribution in [3.05, 3.63) is 29.3 Å². The van der Waals surface area contributed by atoms with E-state index in [4.69, 9.17) is 10.5 Å². The number of carbonyl (C=O) groups excluding carboxylic acids is 1. The lowest BCUT2D eigenvalue weighted by Gasteiger charge is -2.31. The van der Waals surface area contributed by atoms with Gasteiger partial charge in [0, 0.05) is 6.54 Å². The van der Waals surface area contributed by atoms with Crippen LogP contribution in [0.5, 0.6) is 5.75 Å². The van der Waals surface area contributed by atoms with Crippen LogP contribution in [0.4, 0.5) is 0 Å². The minimum atomic E-state index is -0.541. The maximum Gasteiger partial charge on any atom is 0.261 e. The number of halogens is 1. The van der Waals surface area contributed by atoms with Crippen molar-refractivity contribution in [1.29, 1.82) is 0 Å². The van der Waals surface area contributed by atoms with Gasteiger partial charge in [-0.2, -0.15) is 0 Å². The van der Waals surface area contributed by atoms with Crippen molar-refractivity contribution in [3.63, 3.8) is 0 Å². The number of nitrogens with two attached hydrogens (primary N) is 1. The predicted octanol–water partition coefficient (Wildman–Crippen LogP) is 3.55. The first-order chi connectivity index (χ1) is 10.8. The number of rotatable bonds is 7. The number of benzene rings is 1. The second-order valence-electron chi connectivity index (χ2n) is 7.32. The molecule has 0 aliphatic heterocycles. The van der Waals surface area contributed by atoms with Gasteiger partial charge in [0.05, 0.1) is 5.54 Å². The average Bonchev–Trinajstić information content (AvgIpc) is 3.34. The molecule has 0 saturated heterocycles. The molecule has 0 bridgehead atoms. The molecule has 3 N–H and O–H groups in total. The van der Waals surface area contributed by atoms with Gasteiger partial charge in [0.25, 0.3) is 5.91 Å². The zero-order chi connectivity index (χ0) is 17.2. The predicted molar refractivity (Wildman–Crippen MR) is 101 cm³/mol. The molecule has 0 heterocycles. The monoisotopic (exact) mass is 354 g/mol. The minimum Gasteiger partial charge on any atom is -0.481 e. The van der Waals surface area contributed by atoms with E-state index in [-0.39, 0.29) is 23.9 Å². The summed E-state index contributed by atoms with van der Waals surface area (Å²) in [6.45, 7) is 10.6. The molecular formula is C19H31ClN2O2. The zero-order valence-electron chi connectivity index (χ0n) is 15.4. The van der Waals surface area contributed by atoms with Gasteiger partial charge in [0.2, 0.25) is 0 Å². The van der Waals surface area contributed by atoms with Gasteiger partial charge >= 0.3 is 0 Å². The molecule has 1 aromatic carbocycles. The molecule has 1 aliphatic carbocycles. The quantitative estimate of drug-likeness (QED) is 0.787. The molecule has 24 heavy (non-hydrogen) atoms. The lowest BCUT2D eigenvalue weighted by molar-refractivity contribution is -0.129. The molecular weight excluding hydrogens is 324 g/mol. The fourth-order valence-corrected chi connectivity index (χ4v) is 2.77. The highest BCUT2D eigenvalue weighted by Crippen LogP contribution is 2.39. The highest BCUT2D eigenvalue weighted by atomic mass is 35.5. The largest absolute Gasteiger partial charge is 0.481 e. The van der Waals surface area contributed by atoms with Crippen molar-refractivity contribution < 1.29 is 9.53 Å². The molecule has 1 aliphatic rings. The SMILES string of the molecule is Cc1ccc(C(C)C)cc1OC(C)C(=O)NC(C)(CN)C1CC1.Cl. The van der Waals surface area contributed by atoms with E-state index < -0.39 is 6.10 Å². The van der Waals surface area contributed by atoms with E-state index in [0.29, 0.717) is 18.4 Å². The molecule has 1 aromatic rings. The molecule has 2 rings (SSSR count). The molecule has 5 heteroatoms. The number of carbonyl (C=O) groups is 1. The van der Waals surface area contributed by atoms with Gasteiger partial charge in [-0.25, -0.2) is 0 Å². The van der Waals surface area contributed by atoms with Crippen LogP contribution in [0.1, 0.15) is 57.6 Å².